The second kappa shape index (κ2) is 2.70. The molecule has 1 nitrogen and oxygen atoms in total. The van der Waals surface area contributed by atoms with E-state index in [0.717, 1.165) is 0 Å². The van der Waals surface area contributed by atoms with Crippen molar-refractivity contribution in [1.29, 1.82) is 0 Å². The molecule has 0 amide bonds. The van der Waals surface area contributed by atoms with E-state index < -0.39 is 0 Å². The monoisotopic (exact) mass is 245 g/mol. The summed E-state index contributed by atoms with van der Waals surface area (Å²) in [5.74, 6) is 0. The molecule has 0 aliphatic carbocycles. The van der Waals surface area contributed by atoms with Gasteiger partial charge < -0.3 is 4.98 Å². The average molecular weight is 245 g/mol. The van der Waals surface area contributed by atoms with Gasteiger partial charge in [-0.25, -0.2) is 0 Å². The third-order valence-electron chi connectivity index (χ3n) is 1.51. The third-order valence-corrected chi connectivity index (χ3v) is 3.33. The highest BCUT2D eigenvalue weighted by Crippen LogP contribution is 1.95. The fourth-order valence-electron chi connectivity index (χ4n) is 1.00. The van der Waals surface area contributed by atoms with Crippen LogP contribution in [-0.4, -0.2) is 13.4 Å². The summed E-state index contributed by atoms with van der Waals surface area (Å²) in [5.41, 5.74) is 0. The zero-order valence-corrected chi connectivity index (χ0v) is 7.63. The summed E-state index contributed by atoms with van der Waals surface area (Å²) in [7, 11) is 0. The molecule has 1 aromatic rings. The Morgan fingerprint density at radius 1 is 1.50 bits per heavy atom. The van der Waals surface area contributed by atoms with Crippen molar-refractivity contribution >= 4 is 36.9 Å². The fraction of sp³-hybridized carbons (Fsp3) is 0.125. The molecule has 0 spiro atoms. The summed E-state index contributed by atoms with van der Waals surface area (Å²) in [6.45, 7) is 0. The molecule has 1 aromatic heterocycles. The Bertz CT molecular complexity index is 359. The van der Waals surface area contributed by atoms with Crippen molar-refractivity contribution in [3.05, 3.63) is 22.8 Å². The summed E-state index contributed by atoms with van der Waals surface area (Å²) in [6, 6.07) is 2.12. The minimum atomic E-state index is 0.309. The maximum absolute atomic E-state index is 3.21. The summed E-state index contributed by atoms with van der Waals surface area (Å²) in [5, 5.41) is 2.64. The lowest BCUT2D eigenvalue weighted by Crippen LogP contribution is -2.21. The van der Waals surface area contributed by atoms with Crippen LogP contribution in [0.3, 0.4) is 0 Å². The van der Waals surface area contributed by atoms with Crippen LogP contribution < -0.4 is 10.6 Å². The van der Waals surface area contributed by atoms with Crippen LogP contribution in [0.15, 0.2) is 12.3 Å². The van der Waals surface area contributed by atoms with Gasteiger partial charge in [0.05, 0.1) is 0 Å². The highest BCUT2D eigenvalue weighted by molar-refractivity contribution is 14.2. The Balaban J connectivity index is 2.82. The predicted octanol–water partition coefficient (Wildman–Crippen LogP) is 0.362. The zero-order chi connectivity index (χ0) is 6.81. The van der Waals surface area contributed by atoms with Crippen molar-refractivity contribution in [2.45, 2.75) is 0 Å². The number of alkyl halides is 1. The van der Waals surface area contributed by atoms with E-state index in [1.54, 1.807) is 0 Å². The van der Waals surface area contributed by atoms with Crippen LogP contribution in [0.1, 0.15) is 0 Å². The number of hydrogen-bond acceptors (Lipinski definition) is 0. The molecule has 1 aliphatic heterocycles. The molecule has 2 rings (SSSR count). The average Bonchev–Trinajstić information content (AvgIpc) is 2.28. The first kappa shape index (κ1) is 6.34. The van der Waals surface area contributed by atoms with E-state index in [-0.39, 0.29) is 0 Å². The second-order valence-electron chi connectivity index (χ2n) is 2.15. The van der Waals surface area contributed by atoms with E-state index in [0.29, 0.717) is 20.7 Å². The number of aromatic amines is 1. The number of nitrogens with one attached hydrogen (secondary N) is 1. The number of hydrogen-bond donors (Lipinski definition) is 1. The smallest absolute Gasteiger partial charge is 0.0421 e. The normalized spacial score (nSPS) is 15.6. The highest BCUT2D eigenvalue weighted by Gasteiger charge is 1.86. The Morgan fingerprint density at radius 2 is 2.50 bits per heavy atom. The molecule has 0 aromatic carbocycles. The molecule has 0 radical (unpaired) electrons. The molecule has 2 heteroatoms. The number of halogens is 1. The number of fused-ring (bicyclic) bond motifs is 1. The van der Waals surface area contributed by atoms with Gasteiger partial charge in [0.2, 0.25) is 0 Å². The first-order valence-electron chi connectivity index (χ1n) is 3.22. The Kier molecular flexibility index (Phi) is 1.71. The molecule has 0 atom stereocenters. The van der Waals surface area contributed by atoms with Gasteiger partial charge in [-0.3, -0.25) is 0 Å². The lowest BCUT2D eigenvalue weighted by Gasteiger charge is -1.74. The van der Waals surface area contributed by atoms with Crippen LogP contribution in [0.5, 0.6) is 0 Å². The van der Waals surface area contributed by atoms with Crippen molar-refractivity contribution in [3.63, 3.8) is 0 Å². The van der Waals surface area contributed by atoms with E-state index in [9.17, 15) is 0 Å². The van der Waals surface area contributed by atoms with E-state index in [4.69, 9.17) is 0 Å². The van der Waals surface area contributed by atoms with E-state index >= 15 is 0 Å². The largest absolute Gasteiger partial charge is 0.361 e. The van der Waals surface area contributed by atoms with Gasteiger partial charge in [-0.2, -0.15) is 0 Å². The molecule has 0 fully saturated rings. The quantitative estimate of drug-likeness (QED) is 0.502. The fourth-order valence-corrected chi connectivity index (χ4v) is 2.63. The van der Waals surface area contributed by atoms with Gasteiger partial charge in [0.15, 0.2) is 0 Å². The van der Waals surface area contributed by atoms with Crippen LogP contribution in [0.4, 0.5) is 0 Å². The molecule has 0 saturated heterocycles. The molecule has 0 saturated carbocycles. The van der Waals surface area contributed by atoms with E-state index in [1.807, 2.05) is 6.20 Å². The van der Waals surface area contributed by atoms with Crippen molar-refractivity contribution < 1.29 is 0 Å². The molecule has 0 unspecified atom stereocenters. The third kappa shape index (κ3) is 1.08. The van der Waals surface area contributed by atoms with Crippen LogP contribution >= 0.6 is 20.7 Å². The van der Waals surface area contributed by atoms with Crippen LogP contribution in [0, 0.1) is 0 Å². The zero-order valence-electron chi connectivity index (χ0n) is 5.47. The molecular weight excluding hydrogens is 237 g/mol. The maximum Gasteiger partial charge on any atom is 0.0421 e. The van der Waals surface area contributed by atoms with Gasteiger partial charge in [0.25, 0.3) is 0 Å². The summed E-state index contributed by atoms with van der Waals surface area (Å²) in [6.07, 6.45) is 6.51. The van der Waals surface area contributed by atoms with Crippen molar-refractivity contribution in [2.24, 2.45) is 0 Å². The lowest BCUT2D eigenvalue weighted by atomic mass is 10.4. The highest BCUT2D eigenvalue weighted by atomic mass is 127. The van der Waals surface area contributed by atoms with Gasteiger partial charge in [0.1, 0.15) is 0 Å². The number of H-pyrrole nitrogens is 1. The molecule has 52 valence electrons. The molecular formula is C8H8IN. The molecule has 2 heterocycles. The Labute approximate surface area is 69.2 Å². The van der Waals surface area contributed by atoms with Crippen molar-refractivity contribution in [2.75, 3.05) is 4.43 Å². The first-order chi connectivity index (χ1) is 4.97. The summed E-state index contributed by atoms with van der Waals surface area (Å²) < 4.78 is 3.60. The van der Waals surface area contributed by atoms with Crippen LogP contribution in [-0.2, 0) is 0 Å². The van der Waals surface area contributed by atoms with E-state index in [2.05, 4.69) is 27.2 Å². The summed E-state index contributed by atoms with van der Waals surface area (Å²) >= 11 is 0.309. The lowest BCUT2D eigenvalue weighted by molar-refractivity contribution is 1.31. The molecule has 1 N–H and O–H groups in total. The standard InChI is InChI=1S/C8H8IN/c1-4-9-5-2-8-7(1)3-6-10-8/h1-4,6,10H,5H2. The van der Waals surface area contributed by atoms with Crippen molar-refractivity contribution in [3.8, 4) is 0 Å². The van der Waals surface area contributed by atoms with Gasteiger partial charge in [0, 0.05) is 16.0 Å². The first-order valence-corrected chi connectivity index (χ1v) is 5.99. The van der Waals surface area contributed by atoms with Gasteiger partial charge in [-0.1, -0.05) is 6.08 Å². The van der Waals surface area contributed by atoms with Crippen molar-refractivity contribution in [1.82, 2.24) is 4.98 Å². The minimum absolute atomic E-state index is 0.309. The SMILES string of the molecule is C1=ICC=c2[nH]ccc2=C1. The second-order valence-corrected chi connectivity index (χ2v) is 4.63. The number of rotatable bonds is 0. The van der Waals surface area contributed by atoms with Gasteiger partial charge in [-0.15, -0.1) is 20.7 Å². The minimum Gasteiger partial charge on any atom is -0.361 e. The van der Waals surface area contributed by atoms with Crippen LogP contribution in [0.25, 0.3) is 12.2 Å². The number of aromatic nitrogens is 1. The topological polar surface area (TPSA) is 15.8 Å². The van der Waals surface area contributed by atoms with Gasteiger partial charge in [-0.05, 0) is 21.4 Å². The molecule has 1 aliphatic rings. The Morgan fingerprint density at radius 3 is 3.50 bits per heavy atom. The predicted molar refractivity (Wildman–Crippen MR) is 53.9 cm³/mol. The molecule has 0 bridgehead atoms. The summed E-state index contributed by atoms with van der Waals surface area (Å²) in [4.78, 5) is 3.21. The van der Waals surface area contributed by atoms with Crippen LogP contribution in [0.2, 0.25) is 0 Å². The van der Waals surface area contributed by atoms with E-state index in [1.165, 1.54) is 15.0 Å². The van der Waals surface area contributed by atoms with Gasteiger partial charge >= 0.3 is 0 Å². The maximum atomic E-state index is 3.21. The molecule has 10 heavy (non-hydrogen) atoms. The Hall–Kier alpha value is -0.380.